The van der Waals surface area contributed by atoms with E-state index in [9.17, 15) is 18.0 Å². The van der Waals surface area contributed by atoms with Crippen LogP contribution in [0.15, 0.2) is 72.9 Å². The molecule has 4 rings (SSSR count). The molecule has 3 aromatic carbocycles. The molecule has 180 valence electrons. The van der Waals surface area contributed by atoms with Crippen molar-refractivity contribution in [3.63, 3.8) is 0 Å². The third-order valence-electron chi connectivity index (χ3n) is 5.46. The fourth-order valence-corrected chi connectivity index (χ4v) is 5.08. The third-order valence-corrected chi connectivity index (χ3v) is 7.40. The van der Waals surface area contributed by atoms with Crippen molar-refractivity contribution in [2.75, 3.05) is 17.7 Å². The summed E-state index contributed by atoms with van der Waals surface area (Å²) < 4.78 is 32.4. The molecule has 0 spiro atoms. The molecule has 0 aliphatic carbocycles. The third kappa shape index (κ3) is 4.91. The Morgan fingerprint density at radius 2 is 1.66 bits per heavy atom. The van der Waals surface area contributed by atoms with Crippen LogP contribution in [0.2, 0.25) is 10.0 Å². The first-order valence-corrected chi connectivity index (χ1v) is 13.0. The Morgan fingerprint density at radius 3 is 2.31 bits per heavy atom. The predicted molar refractivity (Wildman–Crippen MR) is 137 cm³/mol. The van der Waals surface area contributed by atoms with Crippen molar-refractivity contribution in [2.24, 2.45) is 0 Å². The van der Waals surface area contributed by atoms with Gasteiger partial charge in [-0.1, -0.05) is 59.6 Å². The average molecular weight is 531 g/mol. The first-order chi connectivity index (χ1) is 16.6. The maximum Gasteiger partial charge on any atom is 0.340 e. The van der Waals surface area contributed by atoms with Crippen LogP contribution in [0, 0.1) is 0 Å². The lowest BCUT2D eigenvalue weighted by molar-refractivity contribution is 0.0603. The van der Waals surface area contributed by atoms with Crippen LogP contribution in [0.5, 0.6) is 0 Å². The minimum Gasteiger partial charge on any atom is -0.465 e. The van der Waals surface area contributed by atoms with Gasteiger partial charge in [0.05, 0.1) is 46.7 Å². The van der Waals surface area contributed by atoms with Crippen LogP contribution < -0.4 is 4.31 Å². The van der Waals surface area contributed by atoms with Gasteiger partial charge in [0.15, 0.2) is 0 Å². The zero-order valence-corrected chi connectivity index (χ0v) is 21.1. The number of hydrogen-bond acceptors (Lipinski definition) is 5. The highest BCUT2D eigenvalue weighted by atomic mass is 35.5. The molecule has 35 heavy (non-hydrogen) atoms. The number of methoxy groups -OCH3 is 1. The van der Waals surface area contributed by atoms with E-state index in [4.69, 9.17) is 27.9 Å². The molecule has 0 aliphatic rings. The Balaban J connectivity index is 1.66. The summed E-state index contributed by atoms with van der Waals surface area (Å²) in [5.74, 6) is -0.885. The molecule has 0 aliphatic heterocycles. The van der Waals surface area contributed by atoms with E-state index in [0.717, 1.165) is 10.6 Å². The van der Waals surface area contributed by atoms with Gasteiger partial charge >= 0.3 is 5.97 Å². The number of anilines is 1. The zero-order chi connectivity index (χ0) is 25.3. The van der Waals surface area contributed by atoms with Gasteiger partial charge in [-0.3, -0.25) is 13.7 Å². The van der Waals surface area contributed by atoms with Gasteiger partial charge in [-0.05, 0) is 35.9 Å². The molecule has 0 radical (unpaired) electrons. The Labute approximate surface area is 212 Å². The number of halogens is 2. The number of ether oxygens (including phenoxy) is 1. The number of aromatic nitrogens is 1. The van der Waals surface area contributed by atoms with E-state index in [1.807, 2.05) is 0 Å². The number of fused-ring (bicyclic) bond motifs is 1. The molecular formula is C25H20Cl2N2O5S. The van der Waals surface area contributed by atoms with E-state index in [2.05, 4.69) is 0 Å². The number of esters is 1. The molecule has 0 saturated carbocycles. The largest absolute Gasteiger partial charge is 0.465 e. The lowest BCUT2D eigenvalue weighted by Crippen LogP contribution is -2.29. The van der Waals surface area contributed by atoms with E-state index in [1.165, 1.54) is 17.9 Å². The van der Waals surface area contributed by atoms with Crippen LogP contribution in [0.1, 0.15) is 26.3 Å². The molecule has 10 heteroatoms. The van der Waals surface area contributed by atoms with Crippen molar-refractivity contribution >= 4 is 61.7 Å². The van der Waals surface area contributed by atoms with Crippen LogP contribution in [0.4, 0.5) is 5.69 Å². The van der Waals surface area contributed by atoms with Gasteiger partial charge in [-0.15, -0.1) is 0 Å². The minimum absolute atomic E-state index is 0.00763. The van der Waals surface area contributed by atoms with Gasteiger partial charge < -0.3 is 4.74 Å². The van der Waals surface area contributed by atoms with Gasteiger partial charge in [-0.2, -0.15) is 0 Å². The Kier molecular flexibility index (Phi) is 6.89. The number of carbonyl (C=O) groups is 2. The molecule has 1 aromatic heterocycles. The van der Waals surface area contributed by atoms with Crippen molar-refractivity contribution in [3.8, 4) is 0 Å². The topological polar surface area (TPSA) is 85.7 Å². The molecule has 0 fully saturated rings. The number of benzene rings is 3. The molecule has 1 heterocycles. The quantitative estimate of drug-likeness (QED) is 0.312. The minimum atomic E-state index is -3.68. The van der Waals surface area contributed by atoms with Gasteiger partial charge in [0.25, 0.3) is 5.91 Å². The Hall–Kier alpha value is -3.33. The first-order valence-electron chi connectivity index (χ1n) is 10.4. The highest BCUT2D eigenvalue weighted by molar-refractivity contribution is 7.92. The summed E-state index contributed by atoms with van der Waals surface area (Å²) in [7, 11) is -2.40. The molecule has 7 nitrogen and oxygen atoms in total. The number of sulfonamides is 1. The number of hydrogen-bond donors (Lipinski definition) is 0. The zero-order valence-electron chi connectivity index (χ0n) is 18.7. The standard InChI is InChI=1S/C25H20Cl2N2O5S/c1-34-25(31)19-15-28(21-8-4-3-6-18(19)21)24(30)17-12-10-16(11-13-17)14-29(35(2,32)33)22-9-5-7-20(26)23(22)27/h3-13,15H,14H2,1-2H3. The Morgan fingerprint density at radius 1 is 0.971 bits per heavy atom. The molecule has 4 aromatic rings. The van der Waals surface area contributed by atoms with Crippen LogP contribution in [0.25, 0.3) is 10.9 Å². The fourth-order valence-electron chi connectivity index (χ4n) is 3.74. The van der Waals surface area contributed by atoms with E-state index in [1.54, 1.807) is 66.7 Å². The van der Waals surface area contributed by atoms with Gasteiger partial charge in [0.2, 0.25) is 10.0 Å². The van der Waals surface area contributed by atoms with Crippen molar-refractivity contribution in [3.05, 3.63) is 99.7 Å². The van der Waals surface area contributed by atoms with E-state index in [0.29, 0.717) is 22.0 Å². The van der Waals surface area contributed by atoms with Gasteiger partial charge in [-0.25, -0.2) is 13.2 Å². The van der Waals surface area contributed by atoms with Crippen molar-refractivity contribution in [1.82, 2.24) is 4.57 Å². The second-order valence-electron chi connectivity index (χ2n) is 7.77. The smallest absolute Gasteiger partial charge is 0.340 e. The number of para-hydroxylation sites is 1. The van der Waals surface area contributed by atoms with Gasteiger partial charge in [0, 0.05) is 17.1 Å². The molecule has 0 bridgehead atoms. The number of carbonyl (C=O) groups excluding carboxylic acids is 2. The van der Waals surface area contributed by atoms with Crippen LogP contribution in [0.3, 0.4) is 0 Å². The predicted octanol–water partition coefficient (Wildman–Crippen LogP) is 5.39. The molecular weight excluding hydrogens is 511 g/mol. The maximum atomic E-state index is 13.3. The average Bonchev–Trinajstić information content (AvgIpc) is 3.23. The summed E-state index contributed by atoms with van der Waals surface area (Å²) in [6.45, 7) is -0.00763. The Bertz CT molecular complexity index is 1550. The molecule has 0 N–H and O–H groups in total. The van der Waals surface area contributed by atoms with Crippen molar-refractivity contribution in [1.29, 1.82) is 0 Å². The van der Waals surface area contributed by atoms with Crippen LogP contribution in [-0.2, 0) is 21.3 Å². The van der Waals surface area contributed by atoms with Crippen LogP contribution in [-0.4, -0.2) is 38.2 Å². The molecule has 0 amide bonds. The number of nitrogens with zero attached hydrogens (tertiary/aromatic N) is 2. The maximum absolute atomic E-state index is 13.3. The lowest BCUT2D eigenvalue weighted by Gasteiger charge is -2.24. The fraction of sp³-hybridized carbons (Fsp3) is 0.120. The normalized spacial score (nSPS) is 11.4. The second-order valence-corrected chi connectivity index (χ2v) is 10.5. The number of rotatable bonds is 6. The first kappa shape index (κ1) is 24.8. The summed E-state index contributed by atoms with van der Waals surface area (Å²) in [4.78, 5) is 25.4. The van der Waals surface area contributed by atoms with Crippen LogP contribution >= 0.6 is 23.2 Å². The molecule has 0 atom stereocenters. The monoisotopic (exact) mass is 530 g/mol. The summed E-state index contributed by atoms with van der Waals surface area (Å²) in [5, 5.41) is 0.975. The van der Waals surface area contributed by atoms with E-state index >= 15 is 0 Å². The summed E-state index contributed by atoms with van der Waals surface area (Å²) in [5.41, 5.74) is 2.11. The van der Waals surface area contributed by atoms with Crippen molar-refractivity contribution < 1.29 is 22.7 Å². The van der Waals surface area contributed by atoms with E-state index in [-0.39, 0.29) is 33.7 Å². The highest BCUT2D eigenvalue weighted by Gasteiger charge is 2.23. The lowest BCUT2D eigenvalue weighted by atomic mass is 10.1. The highest BCUT2D eigenvalue weighted by Crippen LogP contribution is 2.34. The molecule has 0 unspecified atom stereocenters. The van der Waals surface area contributed by atoms with Crippen molar-refractivity contribution in [2.45, 2.75) is 6.54 Å². The SMILES string of the molecule is COC(=O)c1cn(C(=O)c2ccc(CN(c3cccc(Cl)c3Cl)S(C)(=O)=O)cc2)c2ccccc12. The van der Waals surface area contributed by atoms with Gasteiger partial charge in [0.1, 0.15) is 0 Å². The second kappa shape index (κ2) is 9.73. The molecule has 0 saturated heterocycles. The summed E-state index contributed by atoms with van der Waals surface area (Å²) in [6, 6.07) is 18.3. The summed E-state index contributed by atoms with van der Waals surface area (Å²) in [6.07, 6.45) is 2.54. The summed E-state index contributed by atoms with van der Waals surface area (Å²) >= 11 is 12.3. The van der Waals surface area contributed by atoms with E-state index < -0.39 is 16.0 Å².